The number of esters is 2. The minimum Gasteiger partial charge on any atom is -0.465 e. The minimum absolute atomic E-state index is 0.254. The molecule has 0 radical (unpaired) electrons. The van der Waals surface area contributed by atoms with E-state index in [4.69, 9.17) is 21.7 Å². The summed E-state index contributed by atoms with van der Waals surface area (Å²) in [5.74, 6) is -1.06. The van der Waals surface area contributed by atoms with Crippen LogP contribution in [0.4, 0.5) is 11.4 Å². The lowest BCUT2D eigenvalue weighted by molar-refractivity contribution is 0.0587. The van der Waals surface area contributed by atoms with Gasteiger partial charge in [-0.3, -0.25) is 0 Å². The molecule has 0 aromatic heterocycles. The molecule has 0 aliphatic carbocycles. The molecule has 2 aromatic carbocycles. The molecule has 0 atom stereocenters. The predicted molar refractivity (Wildman–Crippen MR) is 105 cm³/mol. The number of methoxy groups -OCH3 is 2. The molecule has 2 rings (SSSR count). The summed E-state index contributed by atoms with van der Waals surface area (Å²) < 4.78 is 9.49. The molecule has 0 heterocycles. The van der Waals surface area contributed by atoms with E-state index in [9.17, 15) is 9.59 Å². The highest BCUT2D eigenvalue weighted by atomic mass is 32.1. The van der Waals surface area contributed by atoms with Gasteiger partial charge in [0.1, 0.15) is 0 Å². The zero-order valence-corrected chi connectivity index (χ0v) is 15.8. The summed E-state index contributed by atoms with van der Waals surface area (Å²) in [6.07, 6.45) is 0. The Labute approximate surface area is 157 Å². The first-order valence-corrected chi connectivity index (χ1v) is 8.22. The number of carbonyl (C=O) groups is 2. The number of benzene rings is 2. The third kappa shape index (κ3) is 4.58. The Hall–Kier alpha value is -2.93. The summed E-state index contributed by atoms with van der Waals surface area (Å²) >= 11 is 5.32. The third-order valence-corrected chi connectivity index (χ3v) is 4.06. The van der Waals surface area contributed by atoms with Crippen molar-refractivity contribution in [2.45, 2.75) is 13.8 Å². The second-order valence-electron chi connectivity index (χ2n) is 5.62. The first-order valence-electron chi connectivity index (χ1n) is 7.81. The van der Waals surface area contributed by atoms with Crippen molar-refractivity contribution in [3.05, 3.63) is 58.7 Å². The number of hydrogen-bond donors (Lipinski definition) is 2. The normalized spacial score (nSPS) is 10.0. The number of thiocarbonyl (C=S) groups is 1. The van der Waals surface area contributed by atoms with Crippen LogP contribution in [0.15, 0.2) is 36.4 Å². The highest BCUT2D eigenvalue weighted by molar-refractivity contribution is 7.80. The van der Waals surface area contributed by atoms with Gasteiger partial charge in [-0.15, -0.1) is 0 Å². The molecule has 2 N–H and O–H groups in total. The maximum Gasteiger partial charge on any atom is 0.339 e. The van der Waals surface area contributed by atoms with E-state index in [-0.39, 0.29) is 16.2 Å². The van der Waals surface area contributed by atoms with Gasteiger partial charge >= 0.3 is 11.9 Å². The van der Waals surface area contributed by atoms with E-state index in [0.29, 0.717) is 5.69 Å². The summed E-state index contributed by atoms with van der Waals surface area (Å²) in [5, 5.41) is 6.27. The monoisotopic (exact) mass is 372 g/mol. The van der Waals surface area contributed by atoms with Gasteiger partial charge in [0.25, 0.3) is 0 Å². The highest BCUT2D eigenvalue weighted by Crippen LogP contribution is 2.21. The van der Waals surface area contributed by atoms with Crippen LogP contribution in [0.2, 0.25) is 0 Å². The van der Waals surface area contributed by atoms with Crippen LogP contribution in [-0.4, -0.2) is 31.3 Å². The smallest absolute Gasteiger partial charge is 0.339 e. The highest BCUT2D eigenvalue weighted by Gasteiger charge is 2.16. The number of hydrogen-bond acceptors (Lipinski definition) is 5. The fourth-order valence-electron chi connectivity index (χ4n) is 2.28. The van der Waals surface area contributed by atoms with Gasteiger partial charge in [-0.05, 0) is 67.5 Å². The molecule has 0 aliphatic rings. The summed E-state index contributed by atoms with van der Waals surface area (Å²) in [4.78, 5) is 23.7. The molecule has 7 heteroatoms. The van der Waals surface area contributed by atoms with Crippen molar-refractivity contribution in [3.63, 3.8) is 0 Å². The molecule has 0 unspecified atom stereocenters. The van der Waals surface area contributed by atoms with Crippen molar-refractivity contribution in [1.29, 1.82) is 0 Å². The zero-order chi connectivity index (χ0) is 19.3. The molecule has 0 amide bonds. The van der Waals surface area contributed by atoms with Crippen LogP contribution in [0.1, 0.15) is 31.8 Å². The summed E-state index contributed by atoms with van der Waals surface area (Å²) in [6, 6.07) is 10.3. The fourth-order valence-corrected chi connectivity index (χ4v) is 2.51. The van der Waals surface area contributed by atoms with Crippen molar-refractivity contribution >= 4 is 40.6 Å². The van der Waals surface area contributed by atoms with Crippen molar-refractivity contribution in [3.8, 4) is 0 Å². The summed E-state index contributed by atoms with van der Waals surface area (Å²) in [6.45, 7) is 4.03. The van der Waals surface area contributed by atoms with Crippen molar-refractivity contribution in [2.75, 3.05) is 24.9 Å². The van der Waals surface area contributed by atoms with E-state index in [1.807, 2.05) is 32.0 Å². The van der Waals surface area contributed by atoms with Gasteiger partial charge in [-0.25, -0.2) is 9.59 Å². The second kappa shape index (κ2) is 8.44. The van der Waals surface area contributed by atoms with Gasteiger partial charge in [0.2, 0.25) is 0 Å². The molecular formula is C19H20N2O4S. The first kappa shape index (κ1) is 19.4. The van der Waals surface area contributed by atoms with E-state index < -0.39 is 11.9 Å². The molecule has 0 fully saturated rings. The Morgan fingerprint density at radius 3 is 2.19 bits per heavy atom. The van der Waals surface area contributed by atoms with Crippen LogP contribution in [0.5, 0.6) is 0 Å². The van der Waals surface area contributed by atoms with E-state index in [0.717, 1.165) is 11.3 Å². The average molecular weight is 372 g/mol. The Balaban J connectivity index is 2.27. The van der Waals surface area contributed by atoms with Crippen LogP contribution >= 0.6 is 12.2 Å². The van der Waals surface area contributed by atoms with Gasteiger partial charge in [-0.1, -0.05) is 6.07 Å². The second-order valence-corrected chi connectivity index (χ2v) is 6.03. The maximum absolute atomic E-state index is 12.0. The molecule has 2 aromatic rings. The van der Waals surface area contributed by atoms with Gasteiger partial charge in [-0.2, -0.15) is 0 Å². The number of ether oxygens (including phenoxy) is 2. The maximum atomic E-state index is 12.0. The minimum atomic E-state index is -0.544. The van der Waals surface area contributed by atoms with Gasteiger partial charge < -0.3 is 20.1 Å². The van der Waals surface area contributed by atoms with E-state index in [1.54, 1.807) is 0 Å². The fraction of sp³-hybridized carbons (Fsp3) is 0.211. The van der Waals surface area contributed by atoms with Gasteiger partial charge in [0, 0.05) is 5.69 Å². The lowest BCUT2D eigenvalue weighted by atomic mass is 10.1. The molecule has 0 spiro atoms. The first-order chi connectivity index (χ1) is 12.3. The topological polar surface area (TPSA) is 76.7 Å². The van der Waals surface area contributed by atoms with Crippen molar-refractivity contribution in [2.24, 2.45) is 0 Å². The lowest BCUT2D eigenvalue weighted by Gasteiger charge is -2.15. The number of nitrogens with one attached hydrogen (secondary N) is 2. The molecule has 0 saturated heterocycles. The molecule has 136 valence electrons. The van der Waals surface area contributed by atoms with E-state index in [2.05, 4.69) is 10.6 Å². The Morgan fingerprint density at radius 2 is 1.58 bits per heavy atom. The van der Waals surface area contributed by atoms with Crippen LogP contribution in [0, 0.1) is 13.8 Å². The quantitative estimate of drug-likeness (QED) is 0.626. The number of carbonyl (C=O) groups excluding carboxylic acids is 2. The molecule has 0 saturated carbocycles. The third-order valence-electron chi connectivity index (χ3n) is 3.86. The van der Waals surface area contributed by atoms with Gasteiger partial charge in [0.15, 0.2) is 5.11 Å². The lowest BCUT2D eigenvalue weighted by Crippen LogP contribution is -2.21. The Kier molecular flexibility index (Phi) is 6.30. The molecule has 26 heavy (non-hydrogen) atoms. The number of rotatable bonds is 4. The predicted octanol–water partition coefficient (Wildman–Crippen LogP) is 3.69. The number of aryl methyl sites for hydroxylation is 2. The van der Waals surface area contributed by atoms with E-state index >= 15 is 0 Å². The molecule has 0 bridgehead atoms. The standard InChI is InChI=1S/C19H20N2O4S/c1-11-5-7-14(9-12(11)2)20-19(26)21-16-10-13(17(22)24-3)6-8-15(16)18(23)25-4/h5-10H,1-4H3,(H2,20,21,26). The summed E-state index contributed by atoms with van der Waals surface area (Å²) in [5.41, 5.74) is 4.00. The van der Waals surface area contributed by atoms with Crippen molar-refractivity contribution < 1.29 is 19.1 Å². The van der Waals surface area contributed by atoms with Crippen molar-refractivity contribution in [1.82, 2.24) is 0 Å². The SMILES string of the molecule is COC(=O)c1ccc(C(=O)OC)c(NC(=S)Nc2ccc(C)c(C)c2)c1. The van der Waals surface area contributed by atoms with Crippen LogP contribution in [0.3, 0.4) is 0 Å². The molecular weight excluding hydrogens is 352 g/mol. The Morgan fingerprint density at radius 1 is 0.885 bits per heavy atom. The Bertz CT molecular complexity index is 865. The zero-order valence-electron chi connectivity index (χ0n) is 15.0. The largest absolute Gasteiger partial charge is 0.465 e. The van der Waals surface area contributed by atoms with Crippen LogP contribution in [-0.2, 0) is 9.47 Å². The van der Waals surface area contributed by atoms with Gasteiger partial charge in [0.05, 0.1) is 31.0 Å². The van der Waals surface area contributed by atoms with Crippen LogP contribution < -0.4 is 10.6 Å². The number of anilines is 2. The summed E-state index contributed by atoms with van der Waals surface area (Å²) in [7, 11) is 2.57. The van der Waals surface area contributed by atoms with E-state index in [1.165, 1.54) is 38.0 Å². The average Bonchev–Trinajstić information content (AvgIpc) is 2.63. The van der Waals surface area contributed by atoms with Crippen LogP contribution in [0.25, 0.3) is 0 Å². The molecule has 0 aliphatic heterocycles. The molecule has 6 nitrogen and oxygen atoms in total.